The van der Waals surface area contributed by atoms with Crippen LogP contribution in [0.25, 0.3) is 0 Å². The molecule has 0 radical (unpaired) electrons. The monoisotopic (exact) mass is 540 g/mol. The number of carbonyl (C=O) groups excluding carboxylic acids is 4. The molecule has 0 N–H and O–H groups in total. The van der Waals surface area contributed by atoms with Gasteiger partial charge in [0.05, 0.1) is 6.42 Å². The molecule has 0 saturated carbocycles. The second kappa shape index (κ2) is 17.6. The van der Waals surface area contributed by atoms with Crippen molar-refractivity contribution in [3.8, 4) is 0 Å². The fraction of sp³-hybridized carbons (Fsp3) is 0.714. The normalized spacial score (nSPS) is 16.3. The first-order valence-electron chi connectivity index (χ1n) is 15.7. The average Bonchev–Trinajstić information content (AvgIpc) is 2.84. The Balaban J connectivity index is 0.00000242. The first-order chi connectivity index (χ1) is 18.4. The first kappa shape index (κ1) is 34.9. The maximum atomic E-state index is 13.6. The molecule has 0 aromatic heterocycles. The van der Waals surface area contributed by atoms with Crippen molar-refractivity contribution in [2.24, 2.45) is 17.8 Å². The van der Waals surface area contributed by atoms with Gasteiger partial charge < -0.3 is 0 Å². The maximum absolute atomic E-state index is 13.6. The summed E-state index contributed by atoms with van der Waals surface area (Å²) in [5.41, 5.74) is 5.50. The Labute approximate surface area is 239 Å². The molecule has 1 aromatic carbocycles. The van der Waals surface area contributed by atoms with E-state index in [0.29, 0.717) is 37.4 Å². The molecule has 2 rings (SSSR count). The van der Waals surface area contributed by atoms with Gasteiger partial charge in [-0.3, -0.25) is 19.2 Å². The van der Waals surface area contributed by atoms with Crippen LogP contribution in [0.5, 0.6) is 0 Å². The Morgan fingerprint density at radius 1 is 0.974 bits per heavy atom. The fourth-order valence-corrected chi connectivity index (χ4v) is 6.34. The zero-order valence-corrected chi connectivity index (χ0v) is 26.5. The van der Waals surface area contributed by atoms with Crippen LogP contribution in [0.15, 0.2) is 6.07 Å². The molecule has 4 heteroatoms. The molecule has 0 saturated heterocycles. The van der Waals surface area contributed by atoms with Gasteiger partial charge in [0, 0.05) is 30.7 Å². The van der Waals surface area contributed by atoms with E-state index >= 15 is 0 Å². The largest absolute Gasteiger partial charge is 0.300 e. The zero-order chi connectivity index (χ0) is 29.7. The second-order valence-corrected chi connectivity index (χ2v) is 12.1. The number of aryl methyl sites for hydroxylation is 1. The molecular formula is C35H56O4. The summed E-state index contributed by atoms with van der Waals surface area (Å²) in [6.07, 6.45) is 8.90. The van der Waals surface area contributed by atoms with Crippen molar-refractivity contribution in [1.29, 1.82) is 0 Å². The summed E-state index contributed by atoms with van der Waals surface area (Å²) in [5.74, 6) is 1.10. The summed E-state index contributed by atoms with van der Waals surface area (Å²) in [6, 6.07) is 2.25. The van der Waals surface area contributed by atoms with E-state index in [1.165, 1.54) is 24.5 Å². The van der Waals surface area contributed by atoms with Crippen LogP contribution in [0.2, 0.25) is 0 Å². The number of rotatable bonds is 15. The van der Waals surface area contributed by atoms with Crippen molar-refractivity contribution < 1.29 is 19.2 Å². The minimum absolute atomic E-state index is 0.0192. The van der Waals surface area contributed by atoms with Crippen LogP contribution in [-0.2, 0) is 27.2 Å². The highest BCUT2D eigenvalue weighted by molar-refractivity contribution is 6.01. The van der Waals surface area contributed by atoms with Crippen LogP contribution in [0.3, 0.4) is 0 Å². The molecule has 4 nitrogen and oxygen atoms in total. The summed E-state index contributed by atoms with van der Waals surface area (Å²) in [7, 11) is 0. The number of carbonyl (C=O) groups is 4. The van der Waals surface area contributed by atoms with E-state index in [2.05, 4.69) is 40.7 Å². The van der Waals surface area contributed by atoms with E-state index in [0.717, 1.165) is 55.2 Å². The molecule has 0 fully saturated rings. The second-order valence-electron chi connectivity index (χ2n) is 12.1. The van der Waals surface area contributed by atoms with Gasteiger partial charge in [-0.2, -0.15) is 0 Å². The van der Waals surface area contributed by atoms with Crippen LogP contribution in [0, 0.1) is 24.7 Å². The summed E-state index contributed by atoms with van der Waals surface area (Å²) < 4.78 is 0. The van der Waals surface area contributed by atoms with E-state index < -0.39 is 0 Å². The van der Waals surface area contributed by atoms with Crippen LogP contribution in [-0.4, -0.2) is 23.1 Å². The summed E-state index contributed by atoms with van der Waals surface area (Å²) >= 11 is 0. The third-order valence-corrected chi connectivity index (χ3v) is 8.05. The van der Waals surface area contributed by atoms with Crippen molar-refractivity contribution in [1.82, 2.24) is 0 Å². The van der Waals surface area contributed by atoms with Gasteiger partial charge in [0.1, 0.15) is 17.3 Å². The van der Waals surface area contributed by atoms with E-state index in [1.54, 1.807) is 0 Å². The predicted molar refractivity (Wildman–Crippen MR) is 163 cm³/mol. The van der Waals surface area contributed by atoms with Gasteiger partial charge >= 0.3 is 0 Å². The molecule has 3 unspecified atom stereocenters. The SMILES string of the molecule is CCC.CCCC(=O)CCc1cc(C(C)C)c2c(c1C)C(=O)CC(CC(CCC)C(CC)C(=O)CC(C)=O)C2. The first-order valence-corrected chi connectivity index (χ1v) is 15.7. The lowest BCUT2D eigenvalue weighted by Gasteiger charge is -2.33. The predicted octanol–water partition coefficient (Wildman–Crippen LogP) is 8.96. The van der Waals surface area contributed by atoms with E-state index in [1.807, 2.05) is 20.8 Å². The minimum atomic E-state index is -0.111. The molecule has 0 spiro atoms. The molecule has 1 aliphatic carbocycles. The van der Waals surface area contributed by atoms with Crippen LogP contribution >= 0.6 is 0 Å². The molecule has 1 aliphatic rings. The van der Waals surface area contributed by atoms with Crippen molar-refractivity contribution in [3.05, 3.63) is 33.9 Å². The van der Waals surface area contributed by atoms with Crippen LogP contribution in [0.4, 0.5) is 0 Å². The lowest BCUT2D eigenvalue weighted by Crippen LogP contribution is -2.30. The van der Waals surface area contributed by atoms with Crippen LogP contribution < -0.4 is 0 Å². The zero-order valence-electron chi connectivity index (χ0n) is 26.5. The Hall–Kier alpha value is -2.10. The van der Waals surface area contributed by atoms with Crippen molar-refractivity contribution in [3.63, 3.8) is 0 Å². The number of Topliss-reactive ketones (excluding diaryl/α,β-unsaturated/α-hetero) is 4. The highest BCUT2D eigenvalue weighted by atomic mass is 16.1. The van der Waals surface area contributed by atoms with E-state index in [4.69, 9.17) is 0 Å². The molecular weight excluding hydrogens is 484 g/mol. The molecule has 3 atom stereocenters. The van der Waals surface area contributed by atoms with Gasteiger partial charge in [-0.1, -0.05) is 73.8 Å². The van der Waals surface area contributed by atoms with Crippen molar-refractivity contribution in [2.45, 2.75) is 145 Å². The topological polar surface area (TPSA) is 68.3 Å². The Morgan fingerprint density at radius 2 is 1.62 bits per heavy atom. The summed E-state index contributed by atoms with van der Waals surface area (Å²) in [4.78, 5) is 50.2. The Morgan fingerprint density at radius 3 is 2.13 bits per heavy atom. The Bertz CT molecular complexity index is 971. The number of ketones is 4. The summed E-state index contributed by atoms with van der Waals surface area (Å²) in [5, 5.41) is 0. The maximum Gasteiger partial charge on any atom is 0.163 e. The number of hydrogen-bond donors (Lipinski definition) is 0. The van der Waals surface area contributed by atoms with Gasteiger partial charge in [-0.15, -0.1) is 0 Å². The smallest absolute Gasteiger partial charge is 0.163 e. The lowest BCUT2D eigenvalue weighted by molar-refractivity contribution is -0.130. The fourth-order valence-electron chi connectivity index (χ4n) is 6.34. The molecule has 1 aromatic rings. The molecule has 0 bridgehead atoms. The van der Waals surface area contributed by atoms with Gasteiger partial charge in [0.25, 0.3) is 0 Å². The van der Waals surface area contributed by atoms with E-state index in [-0.39, 0.29) is 41.5 Å². The third kappa shape index (κ3) is 10.4. The lowest BCUT2D eigenvalue weighted by atomic mass is 9.70. The molecule has 220 valence electrons. The van der Waals surface area contributed by atoms with Crippen LogP contribution in [0.1, 0.15) is 158 Å². The van der Waals surface area contributed by atoms with Gasteiger partial charge in [-0.25, -0.2) is 0 Å². The van der Waals surface area contributed by atoms with E-state index in [9.17, 15) is 19.2 Å². The van der Waals surface area contributed by atoms with Crippen molar-refractivity contribution in [2.75, 3.05) is 0 Å². The summed E-state index contributed by atoms with van der Waals surface area (Å²) in [6.45, 7) is 18.4. The third-order valence-electron chi connectivity index (χ3n) is 8.05. The molecule has 0 heterocycles. The van der Waals surface area contributed by atoms with Crippen molar-refractivity contribution >= 4 is 23.1 Å². The highest BCUT2D eigenvalue weighted by Crippen LogP contribution is 2.40. The Kier molecular flexibility index (Phi) is 15.7. The number of benzene rings is 1. The average molecular weight is 541 g/mol. The number of hydrogen-bond acceptors (Lipinski definition) is 4. The van der Waals surface area contributed by atoms with Gasteiger partial charge in [0.15, 0.2) is 5.78 Å². The minimum Gasteiger partial charge on any atom is -0.300 e. The molecule has 0 aliphatic heterocycles. The molecule has 39 heavy (non-hydrogen) atoms. The van der Waals surface area contributed by atoms with Gasteiger partial charge in [0.2, 0.25) is 0 Å². The molecule has 0 amide bonds. The quantitative estimate of drug-likeness (QED) is 0.208. The number of fused-ring (bicyclic) bond motifs is 1. The van der Waals surface area contributed by atoms with Gasteiger partial charge in [-0.05, 0) is 86.0 Å². The highest BCUT2D eigenvalue weighted by Gasteiger charge is 2.34. The standard InChI is InChI=1S/C32H48O4.C3H8/c1-8-11-25(27(10-3)30(35)15-21(6)33)16-23-17-29-28(20(4)5)19-24(13-14-26(34)12-9-2)22(7)32(29)31(36)18-23;1-3-2/h19-20,23,25,27H,8-18H2,1-7H3;3H2,1-2H3.